The average Bonchev–Trinajstić information content (AvgIpc) is 2.85. The molecule has 0 radical (unpaired) electrons. The zero-order chi connectivity index (χ0) is 13.5. The fraction of sp³-hybridized carbons (Fsp3) is 0.500. The average molecular weight is 271 g/mol. The largest absolute Gasteiger partial charge is 0.480 e. The van der Waals surface area contributed by atoms with Crippen molar-refractivity contribution in [2.75, 3.05) is 26.8 Å². The summed E-state index contributed by atoms with van der Waals surface area (Å²) in [6, 6.07) is 1.88. The Hall–Kier alpha value is -1.40. The van der Waals surface area contributed by atoms with Crippen LogP contribution >= 0.6 is 11.3 Å². The molecule has 5 nitrogen and oxygen atoms in total. The van der Waals surface area contributed by atoms with Gasteiger partial charge in [-0.1, -0.05) is 0 Å². The molecule has 0 spiro atoms. The molecule has 1 N–H and O–H groups in total. The Balaban J connectivity index is 2.71. The van der Waals surface area contributed by atoms with Crippen molar-refractivity contribution < 1.29 is 19.4 Å². The number of carboxylic acids is 1. The van der Waals surface area contributed by atoms with Crippen molar-refractivity contribution in [1.82, 2.24) is 4.90 Å². The van der Waals surface area contributed by atoms with E-state index in [1.807, 2.05) is 16.8 Å². The van der Waals surface area contributed by atoms with Crippen LogP contribution in [0.15, 0.2) is 16.8 Å². The maximum atomic E-state index is 12.2. The van der Waals surface area contributed by atoms with Crippen molar-refractivity contribution in [3.8, 4) is 0 Å². The molecular weight excluding hydrogens is 254 g/mol. The van der Waals surface area contributed by atoms with Gasteiger partial charge >= 0.3 is 5.97 Å². The predicted molar refractivity (Wildman–Crippen MR) is 68.8 cm³/mol. The summed E-state index contributed by atoms with van der Waals surface area (Å²) in [5.74, 6) is -1.53. The highest BCUT2D eigenvalue weighted by atomic mass is 32.1. The number of carboxylic acid groups (broad SMARTS) is 1. The fourth-order valence-corrected chi connectivity index (χ4v) is 2.32. The molecule has 100 valence electrons. The van der Waals surface area contributed by atoms with Gasteiger partial charge in [0, 0.05) is 13.7 Å². The summed E-state index contributed by atoms with van der Waals surface area (Å²) >= 11 is 1.52. The van der Waals surface area contributed by atoms with Crippen LogP contribution in [0.4, 0.5) is 0 Å². The van der Waals surface area contributed by atoms with Crippen LogP contribution in [0.3, 0.4) is 0 Å². The van der Waals surface area contributed by atoms with E-state index < -0.39 is 5.97 Å². The summed E-state index contributed by atoms with van der Waals surface area (Å²) in [6.07, 6.45) is 0. The van der Waals surface area contributed by atoms with E-state index in [1.54, 1.807) is 6.92 Å². The molecule has 1 heterocycles. The number of aliphatic carboxylic acids is 1. The second-order valence-corrected chi connectivity index (χ2v) is 4.70. The van der Waals surface area contributed by atoms with E-state index in [2.05, 4.69) is 0 Å². The number of nitrogens with zero attached hydrogens (tertiary/aromatic N) is 1. The molecule has 0 saturated carbocycles. The molecule has 6 heteroatoms. The van der Waals surface area contributed by atoms with E-state index in [9.17, 15) is 9.59 Å². The van der Waals surface area contributed by atoms with Crippen LogP contribution in [0.1, 0.15) is 18.4 Å². The highest BCUT2D eigenvalue weighted by molar-refractivity contribution is 7.08. The lowest BCUT2D eigenvalue weighted by Crippen LogP contribution is -2.40. The fourth-order valence-electron chi connectivity index (χ4n) is 1.57. The molecule has 1 aromatic rings. The SMILES string of the molecule is COCCN(CC(=O)O)C(=O)C(C)c1ccsc1. The van der Waals surface area contributed by atoms with Crippen LogP contribution in [-0.4, -0.2) is 48.7 Å². The first-order valence-corrected chi connectivity index (χ1v) is 6.52. The third kappa shape index (κ3) is 4.12. The van der Waals surface area contributed by atoms with E-state index in [0.29, 0.717) is 6.61 Å². The Bertz CT molecular complexity index is 391. The van der Waals surface area contributed by atoms with Crippen LogP contribution in [0.5, 0.6) is 0 Å². The Morgan fingerprint density at radius 2 is 2.28 bits per heavy atom. The summed E-state index contributed by atoms with van der Waals surface area (Å²) in [6.45, 7) is 2.11. The molecule has 18 heavy (non-hydrogen) atoms. The number of hydrogen-bond donors (Lipinski definition) is 1. The van der Waals surface area contributed by atoms with E-state index in [-0.39, 0.29) is 24.9 Å². The van der Waals surface area contributed by atoms with Crippen molar-refractivity contribution in [3.63, 3.8) is 0 Å². The summed E-state index contributed by atoms with van der Waals surface area (Å²) in [5.41, 5.74) is 0.915. The van der Waals surface area contributed by atoms with Crippen molar-refractivity contribution in [2.45, 2.75) is 12.8 Å². The van der Waals surface area contributed by atoms with Gasteiger partial charge in [-0.3, -0.25) is 9.59 Å². The maximum Gasteiger partial charge on any atom is 0.323 e. The number of carbonyl (C=O) groups is 2. The molecule has 0 aliphatic carbocycles. The lowest BCUT2D eigenvalue weighted by atomic mass is 10.0. The second kappa shape index (κ2) is 7.13. The summed E-state index contributed by atoms with van der Waals surface area (Å²) < 4.78 is 4.89. The third-order valence-corrected chi connectivity index (χ3v) is 3.32. The number of thiophene rings is 1. The zero-order valence-electron chi connectivity index (χ0n) is 10.5. The first-order chi connectivity index (χ1) is 8.56. The highest BCUT2D eigenvalue weighted by Crippen LogP contribution is 2.20. The van der Waals surface area contributed by atoms with Crippen molar-refractivity contribution in [2.24, 2.45) is 0 Å². The highest BCUT2D eigenvalue weighted by Gasteiger charge is 2.23. The number of ether oxygens (including phenoxy) is 1. The molecule has 1 rings (SSSR count). The van der Waals surface area contributed by atoms with Gasteiger partial charge in [0.2, 0.25) is 5.91 Å². The first-order valence-electron chi connectivity index (χ1n) is 5.58. The Labute approximate surface area is 110 Å². The zero-order valence-corrected chi connectivity index (χ0v) is 11.3. The predicted octanol–water partition coefficient (Wildman–Crippen LogP) is 1.41. The third-order valence-electron chi connectivity index (χ3n) is 2.62. The van der Waals surface area contributed by atoms with Crippen LogP contribution in [0, 0.1) is 0 Å². The number of carbonyl (C=O) groups excluding carboxylic acids is 1. The molecule has 0 aliphatic rings. The van der Waals surface area contributed by atoms with Gasteiger partial charge in [0.1, 0.15) is 6.54 Å². The van der Waals surface area contributed by atoms with Gasteiger partial charge in [0.05, 0.1) is 12.5 Å². The van der Waals surface area contributed by atoms with Gasteiger partial charge in [-0.25, -0.2) is 0 Å². The van der Waals surface area contributed by atoms with Crippen molar-refractivity contribution in [1.29, 1.82) is 0 Å². The molecular formula is C12H17NO4S. The molecule has 1 amide bonds. The topological polar surface area (TPSA) is 66.8 Å². The van der Waals surface area contributed by atoms with Gasteiger partial charge in [-0.15, -0.1) is 0 Å². The smallest absolute Gasteiger partial charge is 0.323 e. The van der Waals surface area contributed by atoms with E-state index in [4.69, 9.17) is 9.84 Å². The van der Waals surface area contributed by atoms with Crippen LogP contribution in [0.25, 0.3) is 0 Å². The summed E-state index contributed by atoms with van der Waals surface area (Å²) in [4.78, 5) is 24.3. The van der Waals surface area contributed by atoms with Gasteiger partial charge < -0.3 is 14.7 Å². The maximum absolute atomic E-state index is 12.2. The number of hydrogen-bond acceptors (Lipinski definition) is 4. The van der Waals surface area contributed by atoms with Crippen molar-refractivity contribution >= 4 is 23.2 Å². The Kier molecular flexibility index (Phi) is 5.80. The van der Waals surface area contributed by atoms with Crippen molar-refractivity contribution in [3.05, 3.63) is 22.4 Å². The van der Waals surface area contributed by atoms with Crippen LogP contribution < -0.4 is 0 Å². The monoisotopic (exact) mass is 271 g/mol. The minimum atomic E-state index is -1.02. The van der Waals surface area contributed by atoms with Gasteiger partial charge in [0.25, 0.3) is 0 Å². The molecule has 1 atom stereocenters. The normalized spacial score (nSPS) is 12.1. The second-order valence-electron chi connectivity index (χ2n) is 3.92. The van der Waals surface area contributed by atoms with Gasteiger partial charge in [-0.2, -0.15) is 11.3 Å². The number of amides is 1. The lowest BCUT2D eigenvalue weighted by molar-refractivity contribution is -0.145. The van der Waals surface area contributed by atoms with E-state index in [1.165, 1.54) is 23.3 Å². The molecule has 0 saturated heterocycles. The molecule has 1 aromatic heterocycles. The Morgan fingerprint density at radius 3 is 2.78 bits per heavy atom. The van der Waals surface area contributed by atoms with Crippen LogP contribution in [0.2, 0.25) is 0 Å². The quantitative estimate of drug-likeness (QED) is 0.814. The van der Waals surface area contributed by atoms with E-state index >= 15 is 0 Å². The molecule has 0 aliphatic heterocycles. The molecule has 1 unspecified atom stereocenters. The molecule has 0 bridgehead atoms. The van der Waals surface area contributed by atoms with Gasteiger partial charge in [0.15, 0.2) is 0 Å². The minimum Gasteiger partial charge on any atom is -0.480 e. The summed E-state index contributed by atoms with van der Waals surface area (Å²) in [5, 5.41) is 12.6. The van der Waals surface area contributed by atoms with Crippen LogP contribution in [-0.2, 0) is 14.3 Å². The number of methoxy groups -OCH3 is 1. The molecule has 0 fully saturated rings. The lowest BCUT2D eigenvalue weighted by Gasteiger charge is -2.23. The Morgan fingerprint density at radius 1 is 1.56 bits per heavy atom. The number of rotatable bonds is 7. The van der Waals surface area contributed by atoms with E-state index in [0.717, 1.165) is 5.56 Å². The first kappa shape index (κ1) is 14.7. The molecule has 0 aromatic carbocycles. The minimum absolute atomic E-state index is 0.187. The summed E-state index contributed by atoms with van der Waals surface area (Å²) in [7, 11) is 1.52. The standard InChI is InChI=1S/C12H17NO4S/c1-9(10-3-6-18-8-10)12(16)13(4-5-17-2)7-11(14)15/h3,6,8-9H,4-5,7H2,1-2H3,(H,14,15). The van der Waals surface area contributed by atoms with Gasteiger partial charge in [-0.05, 0) is 29.3 Å².